The van der Waals surface area contributed by atoms with E-state index in [1.807, 2.05) is 18.2 Å². The van der Waals surface area contributed by atoms with Gasteiger partial charge in [-0.25, -0.2) is 0 Å². The number of rotatable bonds is 6. The molecule has 5 heteroatoms. The number of likely N-dealkylation sites (N-methyl/N-ethyl adjacent to an activating group) is 1. The quantitative estimate of drug-likeness (QED) is 0.764. The fourth-order valence-corrected chi connectivity index (χ4v) is 2.16. The minimum Gasteiger partial charge on any atom is -0.388 e. The van der Waals surface area contributed by atoms with E-state index in [4.69, 9.17) is 0 Å². The predicted molar refractivity (Wildman–Crippen MR) is 88.9 cm³/mol. The maximum atomic E-state index is 12.0. The largest absolute Gasteiger partial charge is 0.388 e. The minimum atomic E-state index is -0.830. The predicted octanol–water partition coefficient (Wildman–Crippen LogP) is 2.04. The van der Waals surface area contributed by atoms with Crippen molar-refractivity contribution < 1.29 is 14.7 Å². The zero-order valence-electron chi connectivity index (χ0n) is 13.0. The van der Waals surface area contributed by atoms with Crippen LogP contribution in [0.5, 0.6) is 0 Å². The number of benzene rings is 2. The fourth-order valence-electron chi connectivity index (χ4n) is 2.16. The van der Waals surface area contributed by atoms with Crippen molar-refractivity contribution in [2.45, 2.75) is 18.9 Å². The Hall–Kier alpha value is -2.66. The van der Waals surface area contributed by atoms with Crippen LogP contribution in [0.4, 0.5) is 5.69 Å². The molecule has 0 spiro atoms. The molecule has 0 fully saturated rings. The summed E-state index contributed by atoms with van der Waals surface area (Å²) in [4.78, 5) is 23.3. The lowest BCUT2D eigenvalue weighted by Crippen LogP contribution is -2.20. The van der Waals surface area contributed by atoms with Gasteiger partial charge >= 0.3 is 0 Å². The number of nitrogens with one attached hydrogen (secondary N) is 2. The maximum absolute atomic E-state index is 12.0. The first-order chi connectivity index (χ1) is 11.1. The molecule has 0 saturated heterocycles. The van der Waals surface area contributed by atoms with Crippen LogP contribution in [-0.4, -0.2) is 24.0 Å². The van der Waals surface area contributed by atoms with E-state index in [0.29, 0.717) is 17.7 Å². The van der Waals surface area contributed by atoms with E-state index in [0.717, 1.165) is 5.56 Å². The van der Waals surface area contributed by atoms with Gasteiger partial charge in [0, 0.05) is 12.7 Å². The van der Waals surface area contributed by atoms with Gasteiger partial charge in [0.2, 0.25) is 11.8 Å². The van der Waals surface area contributed by atoms with Crippen LogP contribution in [0.1, 0.15) is 23.7 Å². The van der Waals surface area contributed by atoms with Crippen molar-refractivity contribution in [3.05, 3.63) is 65.7 Å². The second-order valence-electron chi connectivity index (χ2n) is 5.23. The molecule has 0 aliphatic heterocycles. The third kappa shape index (κ3) is 5.23. The summed E-state index contributed by atoms with van der Waals surface area (Å²) in [6.45, 7) is 0. The molecule has 1 unspecified atom stereocenters. The lowest BCUT2D eigenvalue weighted by Gasteiger charge is -2.11. The van der Waals surface area contributed by atoms with Crippen molar-refractivity contribution in [3.63, 3.8) is 0 Å². The second-order valence-corrected chi connectivity index (χ2v) is 5.23. The minimum absolute atomic E-state index is 0.00992. The maximum Gasteiger partial charge on any atom is 0.227 e. The van der Waals surface area contributed by atoms with Gasteiger partial charge in [-0.05, 0) is 23.3 Å². The monoisotopic (exact) mass is 312 g/mol. The molecule has 2 rings (SSSR count). The lowest BCUT2D eigenvalue weighted by atomic mass is 10.1. The highest BCUT2D eigenvalue weighted by atomic mass is 16.3. The molecule has 0 radical (unpaired) electrons. The van der Waals surface area contributed by atoms with Crippen molar-refractivity contribution in [1.82, 2.24) is 5.32 Å². The molecule has 2 amide bonds. The SMILES string of the molecule is CNC(=O)Cc1ccc(NC(=O)CC(O)c2ccccc2)cc1. The van der Waals surface area contributed by atoms with E-state index in [1.54, 1.807) is 43.4 Å². The smallest absolute Gasteiger partial charge is 0.227 e. The number of anilines is 1. The number of aliphatic hydroxyl groups excluding tert-OH is 1. The third-order valence-electron chi connectivity index (χ3n) is 3.44. The Morgan fingerprint density at radius 1 is 1.00 bits per heavy atom. The second kappa shape index (κ2) is 8.10. The van der Waals surface area contributed by atoms with Crippen molar-refractivity contribution in [3.8, 4) is 0 Å². The zero-order chi connectivity index (χ0) is 16.7. The van der Waals surface area contributed by atoms with Crippen LogP contribution in [0.15, 0.2) is 54.6 Å². The van der Waals surface area contributed by atoms with Gasteiger partial charge in [0.15, 0.2) is 0 Å². The zero-order valence-corrected chi connectivity index (χ0v) is 13.0. The Morgan fingerprint density at radius 3 is 2.26 bits per heavy atom. The molecular formula is C18H20N2O3. The van der Waals surface area contributed by atoms with Crippen molar-refractivity contribution in [2.75, 3.05) is 12.4 Å². The Bertz CT molecular complexity index is 654. The summed E-state index contributed by atoms with van der Waals surface area (Å²) >= 11 is 0. The molecule has 120 valence electrons. The third-order valence-corrected chi connectivity index (χ3v) is 3.44. The standard InChI is InChI=1S/C18H20N2O3/c1-19-17(22)11-13-7-9-15(10-8-13)20-18(23)12-16(21)14-5-3-2-4-6-14/h2-10,16,21H,11-12H2,1H3,(H,19,22)(H,20,23). The summed E-state index contributed by atoms with van der Waals surface area (Å²) in [5.41, 5.74) is 2.21. The molecule has 0 saturated carbocycles. The van der Waals surface area contributed by atoms with E-state index in [-0.39, 0.29) is 18.2 Å². The van der Waals surface area contributed by atoms with Crippen molar-refractivity contribution in [1.29, 1.82) is 0 Å². The average Bonchev–Trinajstić information content (AvgIpc) is 2.57. The van der Waals surface area contributed by atoms with Crippen LogP contribution in [0.25, 0.3) is 0 Å². The van der Waals surface area contributed by atoms with E-state index < -0.39 is 6.10 Å². The van der Waals surface area contributed by atoms with Crippen LogP contribution < -0.4 is 10.6 Å². The summed E-state index contributed by atoms with van der Waals surface area (Å²) in [7, 11) is 1.59. The number of carbonyl (C=O) groups excluding carboxylic acids is 2. The summed E-state index contributed by atoms with van der Waals surface area (Å²) in [5.74, 6) is -0.326. The van der Waals surface area contributed by atoms with E-state index in [2.05, 4.69) is 10.6 Å². The van der Waals surface area contributed by atoms with Gasteiger partial charge in [0.25, 0.3) is 0 Å². The van der Waals surface area contributed by atoms with Gasteiger partial charge < -0.3 is 15.7 Å². The average molecular weight is 312 g/mol. The van der Waals surface area contributed by atoms with Crippen LogP contribution in [0.2, 0.25) is 0 Å². The molecule has 3 N–H and O–H groups in total. The molecule has 0 aliphatic carbocycles. The van der Waals surface area contributed by atoms with Gasteiger partial charge in [-0.2, -0.15) is 0 Å². The molecule has 0 aromatic heterocycles. The lowest BCUT2D eigenvalue weighted by molar-refractivity contribution is -0.120. The molecule has 0 bridgehead atoms. The summed E-state index contributed by atoms with van der Waals surface area (Å²) in [6, 6.07) is 16.1. The molecule has 2 aromatic carbocycles. The van der Waals surface area contributed by atoms with Crippen molar-refractivity contribution in [2.24, 2.45) is 0 Å². The first kappa shape index (κ1) is 16.7. The highest BCUT2D eigenvalue weighted by molar-refractivity contribution is 5.91. The summed E-state index contributed by atoms with van der Waals surface area (Å²) in [5, 5.41) is 15.3. The molecule has 0 heterocycles. The van der Waals surface area contributed by atoms with Crippen LogP contribution in [0.3, 0.4) is 0 Å². The van der Waals surface area contributed by atoms with Crippen LogP contribution >= 0.6 is 0 Å². The van der Waals surface area contributed by atoms with Gasteiger partial charge in [-0.3, -0.25) is 9.59 Å². The van der Waals surface area contributed by atoms with E-state index in [1.165, 1.54) is 0 Å². The Kier molecular flexibility index (Phi) is 5.88. The number of amides is 2. The Balaban J connectivity index is 1.89. The number of carbonyl (C=O) groups is 2. The highest BCUT2D eigenvalue weighted by Gasteiger charge is 2.12. The van der Waals surface area contributed by atoms with Gasteiger partial charge in [0.05, 0.1) is 18.9 Å². The molecule has 5 nitrogen and oxygen atoms in total. The number of hydrogen-bond donors (Lipinski definition) is 3. The molecule has 23 heavy (non-hydrogen) atoms. The highest BCUT2D eigenvalue weighted by Crippen LogP contribution is 2.17. The van der Waals surface area contributed by atoms with Crippen molar-refractivity contribution >= 4 is 17.5 Å². The molecule has 0 aliphatic rings. The molecule has 2 aromatic rings. The van der Waals surface area contributed by atoms with Gasteiger partial charge in [-0.15, -0.1) is 0 Å². The van der Waals surface area contributed by atoms with E-state index >= 15 is 0 Å². The first-order valence-corrected chi connectivity index (χ1v) is 7.41. The summed E-state index contributed by atoms with van der Waals surface area (Å²) < 4.78 is 0. The first-order valence-electron chi connectivity index (χ1n) is 7.41. The van der Waals surface area contributed by atoms with Gasteiger partial charge in [0.1, 0.15) is 0 Å². The number of aliphatic hydroxyl groups is 1. The Labute approximate surface area is 135 Å². The Morgan fingerprint density at radius 2 is 1.65 bits per heavy atom. The number of hydrogen-bond acceptors (Lipinski definition) is 3. The fraction of sp³-hybridized carbons (Fsp3) is 0.222. The van der Waals surface area contributed by atoms with Gasteiger partial charge in [-0.1, -0.05) is 42.5 Å². The van der Waals surface area contributed by atoms with E-state index in [9.17, 15) is 14.7 Å². The summed E-state index contributed by atoms with van der Waals surface area (Å²) in [6.07, 6.45) is -0.537. The normalized spacial score (nSPS) is 11.6. The topological polar surface area (TPSA) is 78.4 Å². The molecular weight excluding hydrogens is 292 g/mol. The molecule has 1 atom stereocenters. The van der Waals surface area contributed by atoms with Crippen LogP contribution in [0, 0.1) is 0 Å². The van der Waals surface area contributed by atoms with Crippen LogP contribution in [-0.2, 0) is 16.0 Å².